The number of methoxy groups -OCH3 is 2. The number of hydrogen-bond donors (Lipinski definition) is 2. The van der Waals surface area contributed by atoms with Crippen LogP contribution in [0.2, 0.25) is 5.02 Å². The molecule has 1 atom stereocenters. The van der Waals surface area contributed by atoms with Gasteiger partial charge in [-0.1, -0.05) is 11.6 Å². The highest BCUT2D eigenvalue weighted by Crippen LogP contribution is 2.35. The molecular weight excluding hydrogens is 364 g/mol. The quantitative estimate of drug-likeness (QED) is 0.691. The fourth-order valence-corrected chi connectivity index (χ4v) is 3.93. The third kappa shape index (κ3) is 3.35. The summed E-state index contributed by atoms with van der Waals surface area (Å²) in [5.41, 5.74) is 4.08. The molecule has 1 heterocycles. The van der Waals surface area contributed by atoms with E-state index in [1.807, 2.05) is 18.2 Å². The molecule has 0 radical (unpaired) electrons. The minimum atomic E-state index is -0.105. The van der Waals surface area contributed by atoms with E-state index in [9.17, 15) is 4.79 Å². The Kier molecular flexibility index (Phi) is 4.70. The van der Waals surface area contributed by atoms with Crippen LogP contribution in [0.1, 0.15) is 17.7 Å². The van der Waals surface area contributed by atoms with E-state index in [0.717, 1.165) is 23.7 Å². The minimum Gasteiger partial charge on any atom is -0.497 e. The van der Waals surface area contributed by atoms with Crippen molar-refractivity contribution in [3.63, 3.8) is 0 Å². The minimum absolute atomic E-state index is 0.0106. The van der Waals surface area contributed by atoms with Gasteiger partial charge in [-0.25, -0.2) is 0 Å². The molecule has 27 heavy (non-hydrogen) atoms. The summed E-state index contributed by atoms with van der Waals surface area (Å²) in [6.45, 7) is 0. The van der Waals surface area contributed by atoms with Crippen molar-refractivity contribution in [2.75, 3.05) is 19.5 Å². The molecule has 0 aliphatic heterocycles. The molecule has 1 aliphatic carbocycles. The van der Waals surface area contributed by atoms with Crippen molar-refractivity contribution in [3.8, 4) is 11.5 Å². The van der Waals surface area contributed by atoms with Crippen molar-refractivity contribution in [2.45, 2.75) is 19.3 Å². The Morgan fingerprint density at radius 3 is 2.81 bits per heavy atom. The number of hydrogen-bond acceptors (Lipinski definition) is 3. The predicted molar refractivity (Wildman–Crippen MR) is 107 cm³/mol. The molecule has 0 saturated carbocycles. The molecule has 4 rings (SSSR count). The van der Waals surface area contributed by atoms with E-state index in [-0.39, 0.29) is 11.8 Å². The van der Waals surface area contributed by atoms with Gasteiger partial charge in [0, 0.05) is 33.6 Å². The molecule has 1 aliphatic rings. The van der Waals surface area contributed by atoms with Gasteiger partial charge in [0.05, 0.1) is 19.9 Å². The number of fused-ring (bicyclic) bond motifs is 3. The van der Waals surface area contributed by atoms with Gasteiger partial charge >= 0.3 is 0 Å². The lowest BCUT2D eigenvalue weighted by Crippen LogP contribution is -2.28. The fourth-order valence-electron chi connectivity index (χ4n) is 3.76. The lowest BCUT2D eigenvalue weighted by Gasteiger charge is -2.22. The van der Waals surface area contributed by atoms with Crippen LogP contribution >= 0.6 is 11.6 Å². The van der Waals surface area contributed by atoms with E-state index in [1.165, 1.54) is 11.3 Å². The Bertz CT molecular complexity index is 1010. The smallest absolute Gasteiger partial charge is 0.227 e. The number of H-pyrrole nitrogens is 1. The summed E-state index contributed by atoms with van der Waals surface area (Å²) in [4.78, 5) is 16.4. The molecule has 1 unspecified atom stereocenters. The summed E-state index contributed by atoms with van der Waals surface area (Å²) in [5.74, 6) is 1.16. The second-order valence-corrected chi connectivity index (χ2v) is 7.20. The van der Waals surface area contributed by atoms with Gasteiger partial charge in [0.1, 0.15) is 11.5 Å². The second-order valence-electron chi connectivity index (χ2n) is 6.77. The zero-order chi connectivity index (χ0) is 19.0. The highest BCUT2D eigenvalue weighted by atomic mass is 35.5. The molecule has 3 aromatic rings. The Labute approximate surface area is 162 Å². The van der Waals surface area contributed by atoms with Gasteiger partial charge in [0.15, 0.2) is 0 Å². The monoisotopic (exact) mass is 384 g/mol. The number of nitrogens with one attached hydrogen (secondary N) is 2. The lowest BCUT2D eigenvalue weighted by molar-refractivity contribution is -0.120. The average Bonchev–Trinajstić information content (AvgIpc) is 3.05. The van der Waals surface area contributed by atoms with Crippen LogP contribution in [0.25, 0.3) is 10.9 Å². The summed E-state index contributed by atoms with van der Waals surface area (Å²) < 4.78 is 10.6. The second kappa shape index (κ2) is 7.16. The van der Waals surface area contributed by atoms with Gasteiger partial charge in [-0.05, 0) is 55.2 Å². The van der Waals surface area contributed by atoms with E-state index < -0.39 is 0 Å². The van der Waals surface area contributed by atoms with Crippen molar-refractivity contribution in [1.82, 2.24) is 4.98 Å². The van der Waals surface area contributed by atoms with Crippen molar-refractivity contribution in [3.05, 3.63) is 52.7 Å². The first-order chi connectivity index (χ1) is 13.1. The third-order valence-electron chi connectivity index (χ3n) is 5.19. The zero-order valence-electron chi connectivity index (χ0n) is 15.3. The van der Waals surface area contributed by atoms with Crippen LogP contribution in [0.15, 0.2) is 36.4 Å². The molecule has 2 aromatic carbocycles. The van der Waals surface area contributed by atoms with Crippen LogP contribution in [-0.4, -0.2) is 25.1 Å². The summed E-state index contributed by atoms with van der Waals surface area (Å²) >= 11 is 6.17. The number of benzene rings is 2. The SMILES string of the molecule is COc1ccc(OC)c(NC(=O)C2CCc3[nH]c4ccc(Cl)cc4c3C2)c1. The molecule has 5 nitrogen and oxygen atoms in total. The first-order valence-corrected chi connectivity index (χ1v) is 9.28. The molecule has 0 fully saturated rings. The number of amides is 1. The van der Waals surface area contributed by atoms with Crippen LogP contribution in [0, 0.1) is 5.92 Å². The van der Waals surface area contributed by atoms with Crippen molar-refractivity contribution in [1.29, 1.82) is 0 Å². The van der Waals surface area contributed by atoms with Crippen molar-refractivity contribution in [2.24, 2.45) is 5.92 Å². The van der Waals surface area contributed by atoms with E-state index in [4.69, 9.17) is 21.1 Å². The van der Waals surface area contributed by atoms with E-state index in [2.05, 4.69) is 10.3 Å². The number of ether oxygens (including phenoxy) is 2. The van der Waals surface area contributed by atoms with Crippen LogP contribution < -0.4 is 14.8 Å². The highest BCUT2D eigenvalue weighted by molar-refractivity contribution is 6.31. The summed E-state index contributed by atoms with van der Waals surface area (Å²) in [6.07, 6.45) is 2.33. The van der Waals surface area contributed by atoms with Gasteiger partial charge in [-0.3, -0.25) is 4.79 Å². The number of halogens is 1. The van der Waals surface area contributed by atoms with Crippen LogP contribution in [0.3, 0.4) is 0 Å². The van der Waals surface area contributed by atoms with Gasteiger partial charge in [0.2, 0.25) is 5.91 Å². The maximum absolute atomic E-state index is 12.9. The molecule has 1 aromatic heterocycles. The molecular formula is C21H21ClN2O3. The molecule has 0 bridgehead atoms. The molecule has 140 valence electrons. The molecule has 2 N–H and O–H groups in total. The number of aryl methyl sites for hydroxylation is 1. The first-order valence-electron chi connectivity index (χ1n) is 8.91. The molecule has 6 heteroatoms. The Hall–Kier alpha value is -2.66. The molecule has 0 saturated heterocycles. The van der Waals surface area contributed by atoms with Gasteiger partial charge in [0.25, 0.3) is 0 Å². The Morgan fingerprint density at radius 2 is 2.04 bits per heavy atom. The van der Waals surface area contributed by atoms with Crippen molar-refractivity contribution >= 4 is 34.1 Å². The number of carbonyl (C=O) groups is 1. The summed E-state index contributed by atoms with van der Waals surface area (Å²) in [6, 6.07) is 11.2. The Morgan fingerprint density at radius 1 is 1.19 bits per heavy atom. The maximum atomic E-state index is 12.9. The number of anilines is 1. The standard InChI is InChI=1S/C21H21ClN2O3/c1-26-14-5-8-20(27-2)19(11-14)24-21(25)12-3-6-17-15(9-12)16-10-13(22)4-7-18(16)23-17/h4-5,7-8,10-12,23H,3,6,9H2,1-2H3,(H,24,25). The predicted octanol–water partition coefficient (Wildman–Crippen LogP) is 4.58. The number of rotatable bonds is 4. The number of aromatic nitrogens is 1. The molecule has 0 spiro atoms. The van der Waals surface area contributed by atoms with Gasteiger partial charge in [-0.2, -0.15) is 0 Å². The summed E-state index contributed by atoms with van der Waals surface area (Å²) in [5, 5.41) is 4.82. The molecule has 1 amide bonds. The van der Waals surface area contributed by atoms with Gasteiger partial charge < -0.3 is 19.8 Å². The largest absolute Gasteiger partial charge is 0.497 e. The van der Waals surface area contributed by atoms with Gasteiger partial charge in [-0.15, -0.1) is 0 Å². The van der Waals surface area contributed by atoms with E-state index in [0.29, 0.717) is 28.6 Å². The topological polar surface area (TPSA) is 63.4 Å². The highest BCUT2D eigenvalue weighted by Gasteiger charge is 2.28. The normalized spacial score (nSPS) is 16.0. The summed E-state index contributed by atoms with van der Waals surface area (Å²) in [7, 11) is 3.18. The third-order valence-corrected chi connectivity index (χ3v) is 5.42. The maximum Gasteiger partial charge on any atom is 0.227 e. The Balaban J connectivity index is 1.58. The van der Waals surface area contributed by atoms with Crippen LogP contribution in [0.4, 0.5) is 5.69 Å². The first kappa shape index (κ1) is 17.7. The van der Waals surface area contributed by atoms with E-state index in [1.54, 1.807) is 32.4 Å². The van der Waals surface area contributed by atoms with Crippen LogP contribution in [-0.2, 0) is 17.6 Å². The van der Waals surface area contributed by atoms with E-state index >= 15 is 0 Å². The zero-order valence-corrected chi connectivity index (χ0v) is 16.0. The fraction of sp³-hybridized carbons (Fsp3) is 0.286. The number of carbonyl (C=O) groups excluding carboxylic acids is 1. The number of aromatic amines is 1. The van der Waals surface area contributed by atoms with Crippen molar-refractivity contribution < 1.29 is 14.3 Å². The van der Waals surface area contributed by atoms with Crippen LogP contribution in [0.5, 0.6) is 11.5 Å². The average molecular weight is 385 g/mol. The lowest BCUT2D eigenvalue weighted by atomic mass is 9.85.